The normalized spacial score (nSPS) is 10.5. The Balaban J connectivity index is 2.06. The van der Waals surface area contributed by atoms with Crippen molar-refractivity contribution in [2.24, 2.45) is 7.05 Å². The Bertz CT molecular complexity index is 602. The van der Waals surface area contributed by atoms with Crippen molar-refractivity contribution in [3.8, 4) is 0 Å². The van der Waals surface area contributed by atoms with Gasteiger partial charge in [-0.25, -0.2) is 0 Å². The van der Waals surface area contributed by atoms with Gasteiger partial charge in [0.25, 0.3) is 5.91 Å². The van der Waals surface area contributed by atoms with Crippen molar-refractivity contribution in [2.45, 2.75) is 25.3 Å². The van der Waals surface area contributed by atoms with Gasteiger partial charge in [-0.15, -0.1) is 12.6 Å². The van der Waals surface area contributed by atoms with Gasteiger partial charge in [0.1, 0.15) is 0 Å². The van der Waals surface area contributed by atoms with E-state index in [0.717, 1.165) is 21.8 Å². The molecule has 2 rings (SSSR count). The average molecular weight is 275 g/mol. The van der Waals surface area contributed by atoms with Gasteiger partial charge in [0, 0.05) is 35.3 Å². The predicted molar refractivity (Wildman–Crippen MR) is 77.5 cm³/mol. The Morgan fingerprint density at radius 1 is 1.32 bits per heavy atom. The lowest BCUT2D eigenvalue weighted by Crippen LogP contribution is -2.23. The van der Waals surface area contributed by atoms with E-state index in [1.54, 1.807) is 24.3 Å². The van der Waals surface area contributed by atoms with Crippen LogP contribution in [0.3, 0.4) is 0 Å². The summed E-state index contributed by atoms with van der Waals surface area (Å²) < 4.78 is 1.83. The molecule has 0 saturated heterocycles. The number of hydrogen-bond donors (Lipinski definition) is 2. The van der Waals surface area contributed by atoms with Crippen molar-refractivity contribution in [3.05, 3.63) is 46.8 Å². The highest BCUT2D eigenvalue weighted by atomic mass is 32.1. The fourth-order valence-corrected chi connectivity index (χ4v) is 2.11. The molecule has 1 heterocycles. The van der Waals surface area contributed by atoms with Crippen LogP contribution < -0.4 is 5.32 Å². The topological polar surface area (TPSA) is 46.9 Å². The number of amides is 1. The zero-order valence-electron chi connectivity index (χ0n) is 11.3. The quantitative estimate of drug-likeness (QED) is 0.844. The molecule has 0 radical (unpaired) electrons. The van der Waals surface area contributed by atoms with Gasteiger partial charge in [-0.3, -0.25) is 9.48 Å². The number of thiol groups is 1. The molecule has 100 valence electrons. The van der Waals surface area contributed by atoms with Gasteiger partial charge in [0.15, 0.2) is 0 Å². The maximum atomic E-state index is 12.0. The van der Waals surface area contributed by atoms with Crippen molar-refractivity contribution in [2.75, 3.05) is 0 Å². The monoisotopic (exact) mass is 275 g/mol. The molecular formula is C14H17N3OS. The van der Waals surface area contributed by atoms with Crippen LogP contribution >= 0.6 is 12.6 Å². The molecule has 0 aliphatic rings. The van der Waals surface area contributed by atoms with E-state index in [0.29, 0.717) is 12.1 Å². The van der Waals surface area contributed by atoms with E-state index in [1.807, 2.05) is 25.6 Å². The summed E-state index contributed by atoms with van der Waals surface area (Å²) in [5, 5.41) is 7.24. The molecule has 1 amide bonds. The summed E-state index contributed by atoms with van der Waals surface area (Å²) in [6, 6.07) is 7.14. The largest absolute Gasteiger partial charge is 0.348 e. The SMILES string of the molecule is Cc1nn(C)c(C)c1CNC(=O)c1ccc(S)cc1. The Kier molecular flexibility index (Phi) is 3.95. The molecule has 1 aromatic heterocycles. The molecule has 0 aliphatic heterocycles. The van der Waals surface area contributed by atoms with Crippen LogP contribution in [0.25, 0.3) is 0 Å². The summed E-state index contributed by atoms with van der Waals surface area (Å²) in [7, 11) is 1.90. The number of carbonyl (C=O) groups excluding carboxylic acids is 1. The van der Waals surface area contributed by atoms with Gasteiger partial charge in [-0.2, -0.15) is 5.10 Å². The van der Waals surface area contributed by atoms with Gasteiger partial charge in [0.2, 0.25) is 0 Å². The first kappa shape index (κ1) is 13.7. The maximum Gasteiger partial charge on any atom is 0.251 e. The highest BCUT2D eigenvalue weighted by Crippen LogP contribution is 2.12. The van der Waals surface area contributed by atoms with Crippen LogP contribution in [0.2, 0.25) is 0 Å². The summed E-state index contributed by atoms with van der Waals surface area (Å²) in [4.78, 5) is 12.8. The van der Waals surface area contributed by atoms with E-state index in [2.05, 4.69) is 23.0 Å². The Hall–Kier alpha value is -1.75. The van der Waals surface area contributed by atoms with Gasteiger partial charge in [-0.1, -0.05) is 0 Å². The second kappa shape index (κ2) is 5.48. The van der Waals surface area contributed by atoms with E-state index in [-0.39, 0.29) is 5.91 Å². The number of rotatable bonds is 3. The van der Waals surface area contributed by atoms with E-state index in [4.69, 9.17) is 0 Å². The molecule has 5 heteroatoms. The summed E-state index contributed by atoms with van der Waals surface area (Å²) in [5.41, 5.74) is 3.73. The first-order valence-electron chi connectivity index (χ1n) is 6.05. The third kappa shape index (κ3) is 2.98. The smallest absolute Gasteiger partial charge is 0.251 e. The molecule has 0 atom stereocenters. The van der Waals surface area contributed by atoms with Crippen molar-refractivity contribution in [1.82, 2.24) is 15.1 Å². The second-order valence-electron chi connectivity index (χ2n) is 4.50. The van der Waals surface area contributed by atoms with Crippen LogP contribution in [0.5, 0.6) is 0 Å². The summed E-state index contributed by atoms with van der Waals surface area (Å²) in [5.74, 6) is -0.0870. The molecule has 0 saturated carbocycles. The van der Waals surface area contributed by atoms with Gasteiger partial charge < -0.3 is 5.32 Å². The third-order valence-corrected chi connectivity index (χ3v) is 3.51. The minimum atomic E-state index is -0.0870. The van der Waals surface area contributed by atoms with E-state index in [9.17, 15) is 4.79 Å². The zero-order valence-corrected chi connectivity index (χ0v) is 12.2. The number of aryl methyl sites for hydroxylation is 2. The van der Waals surface area contributed by atoms with Gasteiger partial charge in [0.05, 0.1) is 5.69 Å². The van der Waals surface area contributed by atoms with Crippen LogP contribution in [0, 0.1) is 13.8 Å². The number of aromatic nitrogens is 2. The fourth-order valence-electron chi connectivity index (χ4n) is 1.96. The fraction of sp³-hybridized carbons (Fsp3) is 0.286. The second-order valence-corrected chi connectivity index (χ2v) is 5.02. The van der Waals surface area contributed by atoms with Gasteiger partial charge >= 0.3 is 0 Å². The molecule has 0 fully saturated rings. The van der Waals surface area contributed by atoms with Crippen LogP contribution in [0.1, 0.15) is 27.3 Å². The Labute approximate surface area is 118 Å². The maximum absolute atomic E-state index is 12.0. The molecule has 1 aromatic carbocycles. The average Bonchev–Trinajstić information content (AvgIpc) is 2.62. The lowest BCUT2D eigenvalue weighted by molar-refractivity contribution is 0.0951. The number of carbonyl (C=O) groups is 1. The van der Waals surface area contributed by atoms with Crippen molar-refractivity contribution in [1.29, 1.82) is 0 Å². The summed E-state index contributed by atoms with van der Waals surface area (Å²) in [6.45, 7) is 4.44. The third-order valence-electron chi connectivity index (χ3n) is 3.21. The summed E-state index contributed by atoms with van der Waals surface area (Å²) >= 11 is 4.20. The first-order chi connectivity index (χ1) is 8.99. The molecule has 0 spiro atoms. The minimum Gasteiger partial charge on any atom is -0.348 e. The van der Waals surface area contributed by atoms with Crippen LogP contribution in [-0.2, 0) is 13.6 Å². The predicted octanol–water partition coefficient (Wildman–Crippen LogP) is 2.26. The molecule has 4 nitrogen and oxygen atoms in total. The van der Waals surface area contributed by atoms with E-state index < -0.39 is 0 Å². The number of benzene rings is 1. The molecule has 2 aromatic rings. The van der Waals surface area contributed by atoms with Crippen LogP contribution in [-0.4, -0.2) is 15.7 Å². The van der Waals surface area contributed by atoms with Crippen molar-refractivity contribution < 1.29 is 4.79 Å². The number of nitrogens with one attached hydrogen (secondary N) is 1. The standard InChI is InChI=1S/C14H17N3OS/c1-9-13(10(2)17(3)16-9)8-15-14(18)11-4-6-12(19)7-5-11/h4-7,19H,8H2,1-3H3,(H,15,18). The molecule has 0 unspecified atom stereocenters. The molecular weight excluding hydrogens is 258 g/mol. The Morgan fingerprint density at radius 2 is 1.95 bits per heavy atom. The van der Waals surface area contributed by atoms with E-state index >= 15 is 0 Å². The Morgan fingerprint density at radius 3 is 2.47 bits per heavy atom. The molecule has 0 bridgehead atoms. The summed E-state index contributed by atoms with van der Waals surface area (Å²) in [6.07, 6.45) is 0. The molecule has 0 aliphatic carbocycles. The van der Waals surface area contributed by atoms with Crippen molar-refractivity contribution >= 4 is 18.5 Å². The first-order valence-corrected chi connectivity index (χ1v) is 6.50. The van der Waals surface area contributed by atoms with Crippen LogP contribution in [0.4, 0.5) is 0 Å². The van der Waals surface area contributed by atoms with Crippen molar-refractivity contribution in [3.63, 3.8) is 0 Å². The molecule has 19 heavy (non-hydrogen) atoms. The lowest BCUT2D eigenvalue weighted by atomic mass is 10.1. The highest BCUT2D eigenvalue weighted by molar-refractivity contribution is 7.80. The lowest BCUT2D eigenvalue weighted by Gasteiger charge is -2.06. The molecule has 1 N–H and O–H groups in total. The van der Waals surface area contributed by atoms with Crippen LogP contribution in [0.15, 0.2) is 29.2 Å². The highest BCUT2D eigenvalue weighted by Gasteiger charge is 2.11. The number of hydrogen-bond acceptors (Lipinski definition) is 3. The number of nitrogens with zero attached hydrogens (tertiary/aromatic N) is 2. The van der Waals surface area contributed by atoms with Gasteiger partial charge in [-0.05, 0) is 38.1 Å². The minimum absolute atomic E-state index is 0.0870. The van der Waals surface area contributed by atoms with E-state index in [1.165, 1.54) is 0 Å². The zero-order chi connectivity index (χ0) is 14.0.